The van der Waals surface area contributed by atoms with E-state index in [0.29, 0.717) is 28.4 Å². The summed E-state index contributed by atoms with van der Waals surface area (Å²) in [4.78, 5) is 25.0. The molecule has 0 saturated carbocycles. The summed E-state index contributed by atoms with van der Waals surface area (Å²) in [7, 11) is 3.09. The molecule has 1 heterocycles. The Balaban J connectivity index is 1.55. The number of hydrogen-bond acceptors (Lipinski definition) is 6. The SMILES string of the molecule is COc1ccc(/C=C2\Oc3cc(OC(=O)c4ccc(Br)cc4)ccc3C2=O)cc1OC. The lowest BCUT2D eigenvalue weighted by molar-refractivity contribution is 0.0734. The summed E-state index contributed by atoms with van der Waals surface area (Å²) >= 11 is 3.33. The van der Waals surface area contributed by atoms with Crippen LogP contribution in [0, 0.1) is 0 Å². The topological polar surface area (TPSA) is 71.1 Å². The van der Waals surface area contributed by atoms with Gasteiger partial charge in [0, 0.05) is 10.5 Å². The summed E-state index contributed by atoms with van der Waals surface area (Å²) in [6.07, 6.45) is 1.62. The van der Waals surface area contributed by atoms with Crippen molar-refractivity contribution in [2.24, 2.45) is 0 Å². The molecule has 0 atom stereocenters. The predicted molar refractivity (Wildman–Crippen MR) is 118 cm³/mol. The number of rotatable bonds is 5. The molecule has 1 aliphatic rings. The number of benzene rings is 3. The fourth-order valence-electron chi connectivity index (χ4n) is 3.08. The maximum atomic E-state index is 12.7. The number of esters is 1. The molecule has 0 unspecified atom stereocenters. The van der Waals surface area contributed by atoms with Gasteiger partial charge >= 0.3 is 5.97 Å². The minimum atomic E-state index is -0.502. The highest BCUT2D eigenvalue weighted by Gasteiger charge is 2.28. The zero-order valence-electron chi connectivity index (χ0n) is 16.7. The molecular weight excluding hydrogens is 464 g/mol. The van der Waals surface area contributed by atoms with Crippen molar-refractivity contribution in [2.75, 3.05) is 14.2 Å². The molecule has 31 heavy (non-hydrogen) atoms. The van der Waals surface area contributed by atoms with Crippen LogP contribution in [0.3, 0.4) is 0 Å². The molecule has 0 fully saturated rings. The largest absolute Gasteiger partial charge is 0.493 e. The van der Waals surface area contributed by atoms with Crippen molar-refractivity contribution >= 4 is 33.8 Å². The Hall–Kier alpha value is -3.58. The van der Waals surface area contributed by atoms with Crippen molar-refractivity contribution in [3.8, 4) is 23.0 Å². The van der Waals surface area contributed by atoms with Gasteiger partial charge in [-0.25, -0.2) is 4.79 Å². The van der Waals surface area contributed by atoms with Gasteiger partial charge in [-0.2, -0.15) is 0 Å². The maximum Gasteiger partial charge on any atom is 0.343 e. The van der Waals surface area contributed by atoms with Crippen LogP contribution < -0.4 is 18.9 Å². The van der Waals surface area contributed by atoms with E-state index in [1.807, 2.05) is 0 Å². The molecule has 0 amide bonds. The highest BCUT2D eigenvalue weighted by atomic mass is 79.9. The molecule has 156 valence electrons. The minimum Gasteiger partial charge on any atom is -0.493 e. The number of hydrogen-bond donors (Lipinski definition) is 0. The van der Waals surface area contributed by atoms with Gasteiger partial charge in [-0.15, -0.1) is 0 Å². The first kappa shape index (κ1) is 20.7. The first-order valence-corrected chi connectivity index (χ1v) is 10.1. The molecule has 0 N–H and O–H groups in total. The van der Waals surface area contributed by atoms with Gasteiger partial charge in [0.15, 0.2) is 17.3 Å². The Kier molecular flexibility index (Phi) is 5.77. The van der Waals surface area contributed by atoms with E-state index in [-0.39, 0.29) is 17.3 Å². The third kappa shape index (κ3) is 4.32. The summed E-state index contributed by atoms with van der Waals surface area (Å²) < 4.78 is 22.5. The number of carbonyl (C=O) groups excluding carboxylic acids is 2. The molecule has 0 aliphatic carbocycles. The van der Waals surface area contributed by atoms with Gasteiger partial charge < -0.3 is 18.9 Å². The Morgan fingerprint density at radius 1 is 0.935 bits per heavy atom. The summed E-state index contributed by atoms with van der Waals surface area (Å²) in [5.74, 6) is 1.16. The molecule has 0 spiro atoms. The summed E-state index contributed by atoms with van der Waals surface area (Å²) in [6.45, 7) is 0. The maximum absolute atomic E-state index is 12.7. The number of methoxy groups -OCH3 is 2. The van der Waals surface area contributed by atoms with Crippen LogP contribution in [0.5, 0.6) is 23.0 Å². The van der Waals surface area contributed by atoms with Crippen molar-refractivity contribution in [2.45, 2.75) is 0 Å². The Morgan fingerprint density at radius 3 is 2.39 bits per heavy atom. The van der Waals surface area contributed by atoms with Crippen molar-refractivity contribution in [3.05, 3.63) is 87.6 Å². The number of ketones is 1. The van der Waals surface area contributed by atoms with E-state index in [9.17, 15) is 9.59 Å². The third-order valence-electron chi connectivity index (χ3n) is 4.64. The van der Waals surface area contributed by atoms with Crippen LogP contribution in [-0.4, -0.2) is 26.0 Å². The summed E-state index contributed by atoms with van der Waals surface area (Å²) in [5, 5.41) is 0. The van der Waals surface area contributed by atoms with Crippen LogP contribution in [0.15, 0.2) is 70.9 Å². The van der Waals surface area contributed by atoms with E-state index < -0.39 is 5.97 Å². The molecule has 0 saturated heterocycles. The molecule has 3 aromatic rings. The van der Waals surface area contributed by atoms with E-state index in [0.717, 1.165) is 10.0 Å². The summed E-state index contributed by atoms with van der Waals surface area (Å²) in [6, 6.07) is 16.8. The normalized spacial score (nSPS) is 13.5. The van der Waals surface area contributed by atoms with Crippen LogP contribution in [0.2, 0.25) is 0 Å². The van der Waals surface area contributed by atoms with Crippen LogP contribution in [0.25, 0.3) is 6.08 Å². The Bertz CT molecular complexity index is 1200. The van der Waals surface area contributed by atoms with Crippen molar-refractivity contribution in [1.29, 1.82) is 0 Å². The predicted octanol–water partition coefficient (Wildman–Crippen LogP) is 5.30. The number of ether oxygens (including phenoxy) is 4. The van der Waals surface area contributed by atoms with E-state index in [1.54, 1.807) is 74.9 Å². The smallest absolute Gasteiger partial charge is 0.343 e. The monoisotopic (exact) mass is 480 g/mol. The molecule has 3 aromatic carbocycles. The average molecular weight is 481 g/mol. The second-order valence-corrected chi connectivity index (χ2v) is 7.52. The van der Waals surface area contributed by atoms with Gasteiger partial charge in [-0.3, -0.25) is 4.79 Å². The third-order valence-corrected chi connectivity index (χ3v) is 5.17. The highest BCUT2D eigenvalue weighted by Crippen LogP contribution is 2.36. The molecule has 0 bridgehead atoms. The molecule has 4 rings (SSSR count). The fourth-order valence-corrected chi connectivity index (χ4v) is 3.34. The highest BCUT2D eigenvalue weighted by molar-refractivity contribution is 9.10. The molecule has 0 aromatic heterocycles. The van der Waals surface area contributed by atoms with Gasteiger partial charge in [0.25, 0.3) is 0 Å². The van der Waals surface area contributed by atoms with Gasteiger partial charge in [0.05, 0.1) is 25.3 Å². The first-order valence-electron chi connectivity index (χ1n) is 9.26. The zero-order chi connectivity index (χ0) is 22.0. The number of Topliss-reactive ketones (excluding diaryl/α,β-unsaturated/α-hetero) is 1. The Morgan fingerprint density at radius 2 is 1.68 bits per heavy atom. The van der Waals surface area contributed by atoms with Crippen LogP contribution in [-0.2, 0) is 0 Å². The number of allylic oxidation sites excluding steroid dienone is 1. The lowest BCUT2D eigenvalue weighted by atomic mass is 10.1. The average Bonchev–Trinajstić information content (AvgIpc) is 3.08. The van der Waals surface area contributed by atoms with Gasteiger partial charge in [-0.1, -0.05) is 22.0 Å². The van der Waals surface area contributed by atoms with Crippen molar-refractivity contribution in [1.82, 2.24) is 0 Å². The van der Waals surface area contributed by atoms with E-state index in [4.69, 9.17) is 18.9 Å². The van der Waals surface area contributed by atoms with Crippen molar-refractivity contribution < 1.29 is 28.5 Å². The van der Waals surface area contributed by atoms with E-state index >= 15 is 0 Å². The standard InChI is InChI=1S/C24H17BrO6/c1-28-19-10-3-14(11-21(19)29-2)12-22-23(26)18-9-8-17(13-20(18)31-22)30-24(27)15-4-6-16(25)7-5-15/h3-13H,1-2H3/b22-12-. The van der Waals surface area contributed by atoms with Crippen LogP contribution in [0.4, 0.5) is 0 Å². The van der Waals surface area contributed by atoms with E-state index in [2.05, 4.69) is 15.9 Å². The van der Waals surface area contributed by atoms with Crippen LogP contribution >= 0.6 is 15.9 Å². The second kappa shape index (κ2) is 8.65. The molecule has 0 radical (unpaired) electrons. The van der Waals surface area contributed by atoms with Gasteiger partial charge in [-0.05, 0) is 60.2 Å². The first-order chi connectivity index (χ1) is 15.0. The van der Waals surface area contributed by atoms with Gasteiger partial charge in [0.2, 0.25) is 5.78 Å². The van der Waals surface area contributed by atoms with Gasteiger partial charge in [0.1, 0.15) is 11.5 Å². The quantitative estimate of drug-likeness (QED) is 0.280. The van der Waals surface area contributed by atoms with Crippen LogP contribution in [0.1, 0.15) is 26.3 Å². The molecule has 7 heteroatoms. The zero-order valence-corrected chi connectivity index (χ0v) is 18.3. The molecule has 1 aliphatic heterocycles. The number of carbonyl (C=O) groups is 2. The second-order valence-electron chi connectivity index (χ2n) is 6.61. The molecule has 6 nitrogen and oxygen atoms in total. The minimum absolute atomic E-state index is 0.165. The lowest BCUT2D eigenvalue weighted by Gasteiger charge is -2.08. The molecular formula is C24H17BrO6. The van der Waals surface area contributed by atoms with E-state index in [1.165, 1.54) is 6.07 Å². The van der Waals surface area contributed by atoms with Crippen molar-refractivity contribution in [3.63, 3.8) is 0 Å². The number of halogens is 1. The summed E-state index contributed by atoms with van der Waals surface area (Å²) in [5.41, 5.74) is 1.53. The Labute approximate surface area is 187 Å². The number of fused-ring (bicyclic) bond motifs is 1. The lowest BCUT2D eigenvalue weighted by Crippen LogP contribution is -2.08. The fraction of sp³-hybridized carbons (Fsp3) is 0.0833.